The lowest BCUT2D eigenvalue weighted by Crippen LogP contribution is -1.94. The molecule has 79 heavy (non-hydrogen) atoms. The molecule has 0 aliphatic carbocycles. The molecule has 2 heterocycles. The maximum Gasteiger partial charge on any atom is 0.135 e. The molecule has 0 aliphatic heterocycles. The Balaban J connectivity index is 0.000000133. The Bertz CT molecular complexity index is 4260. The Morgan fingerprint density at radius 1 is 0.278 bits per heavy atom. The number of aromatic nitrogens is 2. The van der Waals surface area contributed by atoms with Gasteiger partial charge in [0.05, 0.1) is 22.1 Å². The van der Waals surface area contributed by atoms with Gasteiger partial charge in [-0.2, -0.15) is 0 Å². The summed E-state index contributed by atoms with van der Waals surface area (Å²) in [5.74, 6) is 5.02. The summed E-state index contributed by atoms with van der Waals surface area (Å²) in [5.41, 5.74) is 11.0. The Morgan fingerprint density at radius 2 is 0.633 bits per heavy atom. The van der Waals surface area contributed by atoms with Gasteiger partial charge < -0.3 is 28.5 Å². The molecule has 1 N–H and O–H groups in total. The number of hydrogen-bond donors (Lipinski definition) is 1. The number of ether oxygens (including phenoxy) is 3. The molecule has 2 aromatic heterocycles. The lowest BCUT2D eigenvalue weighted by molar-refractivity contribution is 0.461. The molecule has 0 radical (unpaired) electrons. The minimum absolute atomic E-state index is 0.303. The van der Waals surface area contributed by atoms with E-state index < -0.39 is 0 Å². The molecule has 0 saturated carbocycles. The SMILES string of the molecule is Brc1cccc(Oc2ccccc2)c1.Oc1ccccc1-c1ccc(-n2c3ccccc3c3ccccc32)cc1.c1ccc(Oc2cccc(Oc3ccccc3-c3ccc(-n4c5ccccc5c5ccccc54)cc3)c2)cc1. The van der Waals surface area contributed by atoms with E-state index >= 15 is 0 Å². The van der Waals surface area contributed by atoms with Crippen LogP contribution in [0.5, 0.6) is 40.2 Å². The molecular formula is C72H51BrN2O4. The number of hydrogen-bond acceptors (Lipinski definition) is 4. The number of para-hydroxylation sites is 8. The molecule has 380 valence electrons. The second-order valence-electron chi connectivity index (χ2n) is 18.7. The van der Waals surface area contributed by atoms with E-state index in [4.69, 9.17) is 14.2 Å². The molecular weight excluding hydrogens is 1040 g/mol. The van der Waals surface area contributed by atoms with Gasteiger partial charge in [-0.15, -0.1) is 0 Å². The number of phenols is 1. The van der Waals surface area contributed by atoms with Crippen molar-refractivity contribution in [2.75, 3.05) is 0 Å². The van der Waals surface area contributed by atoms with Crippen molar-refractivity contribution in [2.45, 2.75) is 0 Å². The van der Waals surface area contributed by atoms with Crippen molar-refractivity contribution in [2.24, 2.45) is 0 Å². The standard InChI is InChI=1S/C36H25NO2.C24H17NO.C12H9BrO/c1-2-11-28(12-3-1)38-29-13-10-14-30(25-29)39-36-20-9-6-15-31(36)26-21-23-27(24-22-26)37-34-18-7-4-16-32(34)33-17-5-8-19-35(33)37;26-24-12-6-3-7-19(24)17-13-15-18(16-14-17)25-22-10-4-1-8-20(22)21-9-2-5-11-23(21)25;13-10-5-4-8-12(9-10)14-11-6-2-1-3-7-11/h1-25H;1-16,26H;1-9H. The first-order chi connectivity index (χ1) is 39.0. The van der Waals surface area contributed by atoms with Crippen LogP contribution in [0.1, 0.15) is 0 Å². The van der Waals surface area contributed by atoms with Gasteiger partial charge in [0.1, 0.15) is 40.2 Å². The van der Waals surface area contributed by atoms with Crippen molar-refractivity contribution >= 4 is 59.5 Å². The minimum atomic E-state index is 0.303. The summed E-state index contributed by atoms with van der Waals surface area (Å²) >= 11 is 3.40. The van der Waals surface area contributed by atoms with E-state index in [0.717, 1.165) is 72.6 Å². The van der Waals surface area contributed by atoms with E-state index in [2.05, 4.69) is 177 Å². The van der Waals surface area contributed by atoms with Crippen LogP contribution in [0.4, 0.5) is 0 Å². The van der Waals surface area contributed by atoms with Crippen molar-refractivity contribution in [1.82, 2.24) is 9.13 Å². The zero-order chi connectivity index (χ0) is 53.3. The Hall–Kier alpha value is -10.1. The lowest BCUT2D eigenvalue weighted by Gasteiger charge is -2.14. The zero-order valence-electron chi connectivity index (χ0n) is 42.8. The van der Waals surface area contributed by atoms with Crippen molar-refractivity contribution in [1.29, 1.82) is 0 Å². The second-order valence-corrected chi connectivity index (χ2v) is 19.6. The normalized spacial score (nSPS) is 10.9. The summed E-state index contributed by atoms with van der Waals surface area (Å²) in [4.78, 5) is 0. The van der Waals surface area contributed by atoms with Gasteiger partial charge in [-0.05, 0) is 126 Å². The number of fused-ring (bicyclic) bond motifs is 6. The van der Waals surface area contributed by atoms with Gasteiger partial charge in [-0.25, -0.2) is 0 Å². The number of benzene rings is 12. The molecule has 14 aromatic rings. The predicted molar refractivity (Wildman–Crippen MR) is 328 cm³/mol. The van der Waals surface area contributed by atoms with Crippen LogP contribution < -0.4 is 14.2 Å². The number of nitrogens with zero attached hydrogens (tertiary/aromatic N) is 2. The maximum absolute atomic E-state index is 10.1. The average molecular weight is 1090 g/mol. The fourth-order valence-corrected chi connectivity index (χ4v) is 10.4. The van der Waals surface area contributed by atoms with Crippen molar-refractivity contribution in [3.63, 3.8) is 0 Å². The highest BCUT2D eigenvalue weighted by atomic mass is 79.9. The number of rotatable bonds is 10. The van der Waals surface area contributed by atoms with E-state index in [1.54, 1.807) is 6.07 Å². The molecule has 0 spiro atoms. The molecule has 0 aliphatic rings. The number of phenolic OH excluding ortho intramolecular Hbond substituents is 1. The third-order valence-corrected chi connectivity index (χ3v) is 14.1. The molecule has 12 aromatic carbocycles. The van der Waals surface area contributed by atoms with Crippen LogP contribution in [0, 0.1) is 0 Å². The predicted octanol–water partition coefficient (Wildman–Crippen LogP) is 20.4. The van der Waals surface area contributed by atoms with E-state index in [0.29, 0.717) is 5.75 Å². The monoisotopic (exact) mass is 1090 g/mol. The Labute approximate surface area is 467 Å². The topological polar surface area (TPSA) is 57.8 Å². The van der Waals surface area contributed by atoms with Crippen molar-refractivity contribution < 1.29 is 19.3 Å². The average Bonchev–Trinajstić information content (AvgIpc) is 4.20. The van der Waals surface area contributed by atoms with Crippen LogP contribution in [-0.2, 0) is 0 Å². The third-order valence-electron chi connectivity index (χ3n) is 13.6. The summed E-state index contributed by atoms with van der Waals surface area (Å²) in [6.45, 7) is 0. The quantitative estimate of drug-likeness (QED) is 0.148. The van der Waals surface area contributed by atoms with Crippen molar-refractivity contribution in [3.8, 4) is 73.9 Å². The molecule has 0 amide bonds. The molecule has 0 atom stereocenters. The highest BCUT2D eigenvalue weighted by Crippen LogP contribution is 2.38. The lowest BCUT2D eigenvalue weighted by atomic mass is 10.0. The minimum Gasteiger partial charge on any atom is -0.507 e. The summed E-state index contributed by atoms with van der Waals surface area (Å²) in [6.07, 6.45) is 0. The Kier molecular flexibility index (Phi) is 14.5. The Morgan fingerprint density at radius 3 is 1.10 bits per heavy atom. The molecule has 6 nitrogen and oxygen atoms in total. The van der Waals surface area contributed by atoms with E-state index in [-0.39, 0.29) is 0 Å². The highest BCUT2D eigenvalue weighted by molar-refractivity contribution is 9.10. The van der Waals surface area contributed by atoms with E-state index in [9.17, 15) is 5.11 Å². The molecule has 0 saturated heterocycles. The first-order valence-electron chi connectivity index (χ1n) is 26.0. The van der Waals surface area contributed by atoms with Gasteiger partial charge in [0.25, 0.3) is 0 Å². The molecule has 0 unspecified atom stereocenters. The van der Waals surface area contributed by atoms with Crippen LogP contribution in [0.2, 0.25) is 0 Å². The first kappa shape index (κ1) is 49.8. The van der Waals surface area contributed by atoms with Gasteiger partial charge in [-0.3, -0.25) is 0 Å². The summed E-state index contributed by atoms with van der Waals surface area (Å²) in [5, 5.41) is 15.1. The third kappa shape index (κ3) is 11.0. The zero-order valence-corrected chi connectivity index (χ0v) is 44.4. The van der Waals surface area contributed by atoms with Gasteiger partial charge in [0.2, 0.25) is 0 Å². The van der Waals surface area contributed by atoms with Crippen LogP contribution in [0.25, 0.3) is 77.2 Å². The summed E-state index contributed by atoms with van der Waals surface area (Å²) in [6, 6.07) is 102. The fourth-order valence-electron chi connectivity index (χ4n) is 10.0. The van der Waals surface area contributed by atoms with Crippen molar-refractivity contribution in [3.05, 3.63) is 308 Å². The first-order valence-corrected chi connectivity index (χ1v) is 26.8. The second kappa shape index (κ2) is 23.0. The van der Waals surface area contributed by atoms with Gasteiger partial charge in [-0.1, -0.05) is 198 Å². The summed E-state index contributed by atoms with van der Waals surface area (Å²) < 4.78 is 23.6. The molecule has 14 rings (SSSR count). The highest BCUT2D eigenvalue weighted by Gasteiger charge is 2.15. The van der Waals surface area contributed by atoms with Crippen LogP contribution in [0.3, 0.4) is 0 Å². The smallest absolute Gasteiger partial charge is 0.135 e. The molecule has 0 fully saturated rings. The largest absolute Gasteiger partial charge is 0.507 e. The van der Waals surface area contributed by atoms with Crippen LogP contribution >= 0.6 is 15.9 Å². The van der Waals surface area contributed by atoms with Gasteiger partial charge >= 0.3 is 0 Å². The van der Waals surface area contributed by atoms with Gasteiger partial charge in [0, 0.05) is 54.6 Å². The van der Waals surface area contributed by atoms with Gasteiger partial charge in [0.15, 0.2) is 0 Å². The van der Waals surface area contributed by atoms with Crippen LogP contribution in [0.15, 0.2) is 308 Å². The molecule has 0 bridgehead atoms. The van der Waals surface area contributed by atoms with E-state index in [1.807, 2.05) is 146 Å². The molecule has 7 heteroatoms. The maximum atomic E-state index is 10.1. The van der Waals surface area contributed by atoms with E-state index in [1.165, 1.54) is 43.6 Å². The van der Waals surface area contributed by atoms with Crippen LogP contribution in [-0.4, -0.2) is 14.2 Å². The fraction of sp³-hybridized carbons (Fsp3) is 0. The number of aromatic hydroxyl groups is 1. The number of halogens is 1. The summed E-state index contributed by atoms with van der Waals surface area (Å²) in [7, 11) is 0.